The third-order valence-electron chi connectivity index (χ3n) is 9.91. The number of nitrogens with two attached hydrogens (primary N) is 1. The molecule has 0 aliphatic carbocycles. The average molecular weight is 660 g/mol. The summed E-state index contributed by atoms with van der Waals surface area (Å²) in [6.45, 7) is 6.70. The number of piperazine rings is 1. The van der Waals surface area contributed by atoms with E-state index in [0.29, 0.717) is 18.0 Å². The van der Waals surface area contributed by atoms with Crippen molar-refractivity contribution in [3.63, 3.8) is 0 Å². The fourth-order valence-corrected chi connectivity index (χ4v) is 7.26. The molecule has 0 spiro atoms. The van der Waals surface area contributed by atoms with E-state index in [-0.39, 0.29) is 17.9 Å². The van der Waals surface area contributed by atoms with Crippen molar-refractivity contribution >= 4 is 34.4 Å². The van der Waals surface area contributed by atoms with Crippen molar-refractivity contribution in [1.29, 1.82) is 0 Å². The van der Waals surface area contributed by atoms with Crippen molar-refractivity contribution < 1.29 is 9.53 Å². The highest BCUT2D eigenvalue weighted by molar-refractivity contribution is 5.98. The molecule has 0 unspecified atom stereocenters. The van der Waals surface area contributed by atoms with Crippen LogP contribution in [0.1, 0.15) is 31.7 Å². The first-order chi connectivity index (χ1) is 24.1. The lowest BCUT2D eigenvalue weighted by molar-refractivity contribution is -0.137. The molecule has 3 N–H and O–H groups in total. The van der Waals surface area contributed by atoms with Crippen LogP contribution in [0.4, 0.5) is 17.5 Å². The number of fused-ring (bicyclic) bond motifs is 1. The number of hydrogen-bond acceptors (Lipinski definition) is 11. The highest BCUT2D eigenvalue weighted by Crippen LogP contribution is 2.35. The highest BCUT2D eigenvalue weighted by atomic mass is 16.5. The quantitative estimate of drug-likeness (QED) is 0.260. The molecule has 1 atom stereocenters. The number of piperidine rings is 2. The molecule has 2 aromatic carbocycles. The maximum absolute atomic E-state index is 13.9. The summed E-state index contributed by atoms with van der Waals surface area (Å²) in [5.74, 6) is 2.90. The number of nitrogens with zero attached hydrogens (tertiary/aromatic N) is 9. The van der Waals surface area contributed by atoms with Crippen molar-refractivity contribution in [3.8, 4) is 22.8 Å². The van der Waals surface area contributed by atoms with Crippen LogP contribution >= 0.6 is 0 Å². The van der Waals surface area contributed by atoms with Gasteiger partial charge < -0.3 is 30.5 Å². The maximum atomic E-state index is 13.9. The summed E-state index contributed by atoms with van der Waals surface area (Å²) in [7, 11) is 0. The molecule has 3 saturated heterocycles. The number of nitrogen functional groups attached to an aromatic ring is 1. The summed E-state index contributed by atoms with van der Waals surface area (Å²) in [6.07, 6.45) is 8.75. The normalized spacial score (nSPS) is 18.9. The Kier molecular flexibility index (Phi) is 8.65. The van der Waals surface area contributed by atoms with Gasteiger partial charge in [-0.15, -0.1) is 0 Å². The Bertz CT molecular complexity index is 1880. The Morgan fingerprint density at radius 1 is 0.816 bits per heavy atom. The van der Waals surface area contributed by atoms with Crippen LogP contribution in [0.3, 0.4) is 0 Å². The fourth-order valence-electron chi connectivity index (χ4n) is 7.26. The lowest BCUT2D eigenvalue weighted by Gasteiger charge is -2.38. The van der Waals surface area contributed by atoms with Crippen LogP contribution in [0.15, 0.2) is 73.3 Å². The van der Waals surface area contributed by atoms with E-state index in [2.05, 4.69) is 35.1 Å². The van der Waals surface area contributed by atoms with Gasteiger partial charge in [-0.3, -0.25) is 4.79 Å². The molecule has 3 aliphatic heterocycles. The molecule has 6 heterocycles. The third kappa shape index (κ3) is 6.45. The van der Waals surface area contributed by atoms with E-state index in [4.69, 9.17) is 15.6 Å². The Morgan fingerprint density at radius 3 is 2.31 bits per heavy atom. The summed E-state index contributed by atoms with van der Waals surface area (Å²) in [4.78, 5) is 38.6. The smallest absolute Gasteiger partial charge is 0.225 e. The zero-order chi connectivity index (χ0) is 33.2. The molecular formula is C36H41N11O2. The zero-order valence-electron chi connectivity index (χ0n) is 27.5. The number of aromatic nitrogens is 6. The predicted octanol–water partition coefficient (Wildman–Crippen LogP) is 4.15. The van der Waals surface area contributed by atoms with Gasteiger partial charge in [0.25, 0.3) is 0 Å². The average Bonchev–Trinajstić information content (AvgIpc) is 3.57. The molecule has 0 bridgehead atoms. The van der Waals surface area contributed by atoms with Crippen molar-refractivity contribution in [2.24, 2.45) is 5.92 Å². The molecule has 3 fully saturated rings. The van der Waals surface area contributed by atoms with Gasteiger partial charge in [0.05, 0.1) is 29.5 Å². The van der Waals surface area contributed by atoms with E-state index in [0.717, 1.165) is 111 Å². The van der Waals surface area contributed by atoms with Crippen molar-refractivity contribution in [3.05, 3.63) is 73.3 Å². The minimum atomic E-state index is -0.0182. The van der Waals surface area contributed by atoms with Gasteiger partial charge >= 0.3 is 0 Å². The second-order valence-electron chi connectivity index (χ2n) is 13.0. The molecule has 5 aromatic rings. The topological polar surface area (TPSA) is 143 Å². The monoisotopic (exact) mass is 659 g/mol. The number of amides is 1. The summed E-state index contributed by atoms with van der Waals surface area (Å²) in [6, 6.07) is 17.5. The molecule has 49 heavy (non-hydrogen) atoms. The van der Waals surface area contributed by atoms with Crippen LogP contribution < -0.4 is 25.6 Å². The number of ether oxygens (including phenoxy) is 1. The largest absolute Gasteiger partial charge is 0.457 e. The minimum Gasteiger partial charge on any atom is -0.457 e. The first-order valence-electron chi connectivity index (χ1n) is 17.2. The maximum Gasteiger partial charge on any atom is 0.225 e. The van der Waals surface area contributed by atoms with Gasteiger partial charge in [0.2, 0.25) is 11.9 Å². The molecule has 3 aliphatic rings. The standard InChI is InChI=1S/C36H41N11O2/c37-33-31-32(25-8-10-30(11-9-25)49-29-6-2-1-3-7-29)43-47(34(31)42-24-41-33)27-5-4-16-46(23-27)35(48)26-12-17-44(18-13-26)28-21-39-36(40-22-28)45-19-14-38-15-20-45/h1-3,6-11,21-22,24,26-27,38H,4-5,12-20,23H2,(H2,37,41,42)/t27-/m1/s1. The number of hydrogen-bond donors (Lipinski definition) is 2. The van der Waals surface area contributed by atoms with E-state index in [9.17, 15) is 4.79 Å². The Morgan fingerprint density at radius 2 is 1.55 bits per heavy atom. The van der Waals surface area contributed by atoms with Gasteiger partial charge in [0.1, 0.15) is 29.3 Å². The van der Waals surface area contributed by atoms with Gasteiger partial charge in [-0.1, -0.05) is 18.2 Å². The molecule has 13 heteroatoms. The van der Waals surface area contributed by atoms with Crippen LogP contribution in [0.2, 0.25) is 0 Å². The first kappa shape index (κ1) is 31.0. The zero-order valence-corrected chi connectivity index (χ0v) is 27.5. The molecule has 252 valence electrons. The number of nitrogens with one attached hydrogen (secondary N) is 1. The molecule has 0 saturated carbocycles. The number of benzene rings is 2. The molecule has 13 nitrogen and oxygen atoms in total. The lowest BCUT2D eigenvalue weighted by atomic mass is 9.93. The molecule has 0 radical (unpaired) electrons. The fraction of sp³-hybridized carbons (Fsp3) is 0.389. The minimum absolute atomic E-state index is 0.00411. The molecule has 1 amide bonds. The van der Waals surface area contributed by atoms with Crippen LogP contribution in [-0.4, -0.2) is 92.9 Å². The van der Waals surface area contributed by atoms with E-state index in [1.165, 1.54) is 6.33 Å². The lowest BCUT2D eigenvalue weighted by Crippen LogP contribution is -2.46. The molecular weight excluding hydrogens is 618 g/mol. The van der Waals surface area contributed by atoms with Crippen molar-refractivity contribution in [2.45, 2.75) is 31.7 Å². The van der Waals surface area contributed by atoms with Gasteiger partial charge in [0.15, 0.2) is 5.65 Å². The number of rotatable bonds is 7. The Balaban J connectivity index is 0.940. The van der Waals surface area contributed by atoms with E-state index in [1.807, 2.05) is 76.6 Å². The Hall–Kier alpha value is -5.30. The van der Waals surface area contributed by atoms with Crippen LogP contribution in [0.5, 0.6) is 11.5 Å². The van der Waals surface area contributed by atoms with Gasteiger partial charge in [0, 0.05) is 63.8 Å². The number of carbonyl (C=O) groups excluding carboxylic acids is 1. The van der Waals surface area contributed by atoms with Gasteiger partial charge in [-0.25, -0.2) is 24.6 Å². The second kappa shape index (κ2) is 13.7. The van der Waals surface area contributed by atoms with Gasteiger partial charge in [-0.2, -0.15) is 5.10 Å². The van der Waals surface area contributed by atoms with E-state index < -0.39 is 0 Å². The SMILES string of the molecule is Nc1ncnc2c1c(-c1ccc(Oc3ccccc3)cc1)nn2[C@@H]1CCCN(C(=O)C2CCN(c3cnc(N4CCNCC4)nc3)CC2)C1. The highest BCUT2D eigenvalue weighted by Gasteiger charge is 2.33. The number of anilines is 3. The van der Waals surface area contributed by atoms with E-state index in [1.54, 1.807) is 0 Å². The summed E-state index contributed by atoms with van der Waals surface area (Å²) in [5, 5.41) is 9.16. The summed E-state index contributed by atoms with van der Waals surface area (Å²) >= 11 is 0. The Labute approximate surface area is 285 Å². The summed E-state index contributed by atoms with van der Waals surface area (Å²) in [5.41, 5.74) is 9.75. The number of likely N-dealkylation sites (tertiary alicyclic amines) is 1. The first-order valence-corrected chi connectivity index (χ1v) is 17.2. The molecule has 3 aromatic heterocycles. The summed E-state index contributed by atoms with van der Waals surface area (Å²) < 4.78 is 7.96. The van der Waals surface area contributed by atoms with Crippen LogP contribution in [0, 0.1) is 5.92 Å². The second-order valence-corrected chi connectivity index (χ2v) is 13.0. The van der Waals surface area contributed by atoms with Crippen LogP contribution in [0.25, 0.3) is 22.3 Å². The van der Waals surface area contributed by atoms with E-state index >= 15 is 0 Å². The number of carbonyl (C=O) groups is 1. The third-order valence-corrected chi connectivity index (χ3v) is 9.91. The number of para-hydroxylation sites is 1. The predicted molar refractivity (Wildman–Crippen MR) is 189 cm³/mol. The van der Waals surface area contributed by atoms with Crippen molar-refractivity contribution in [2.75, 3.05) is 67.9 Å². The van der Waals surface area contributed by atoms with Gasteiger partial charge in [-0.05, 0) is 62.1 Å². The van der Waals surface area contributed by atoms with Crippen LogP contribution in [-0.2, 0) is 4.79 Å². The van der Waals surface area contributed by atoms with Crippen molar-refractivity contribution in [1.82, 2.24) is 39.9 Å². The molecule has 8 rings (SSSR count).